The number of sulfonamides is 1. The van der Waals surface area contributed by atoms with Crippen LogP contribution in [0.15, 0.2) is 29.2 Å². The zero-order valence-electron chi connectivity index (χ0n) is 17.5. The molecular formula is C21H26N4O4S. The number of amides is 1. The van der Waals surface area contributed by atoms with Gasteiger partial charge in [-0.3, -0.25) is 9.69 Å². The molecule has 1 amide bonds. The second kappa shape index (κ2) is 7.96. The lowest BCUT2D eigenvalue weighted by Gasteiger charge is -2.29. The fourth-order valence-electron chi connectivity index (χ4n) is 3.68. The van der Waals surface area contributed by atoms with Crippen LogP contribution < -0.4 is 9.64 Å². The highest BCUT2D eigenvalue weighted by molar-refractivity contribution is 7.89. The van der Waals surface area contributed by atoms with Crippen LogP contribution in [0.3, 0.4) is 0 Å². The SMILES string of the molecule is COc1cccc(S(=O)(=O)N(C)Cc2nc(C)c3c(n2)N(CC2CC2)C(=O)CC3)c1. The number of carbonyl (C=O) groups is 1. The molecule has 160 valence electrons. The van der Waals surface area contributed by atoms with E-state index in [0.29, 0.717) is 42.7 Å². The first-order valence-corrected chi connectivity index (χ1v) is 11.5. The molecule has 0 bridgehead atoms. The van der Waals surface area contributed by atoms with E-state index in [0.717, 1.165) is 24.1 Å². The maximum Gasteiger partial charge on any atom is 0.243 e. The smallest absolute Gasteiger partial charge is 0.243 e. The molecular weight excluding hydrogens is 404 g/mol. The summed E-state index contributed by atoms with van der Waals surface area (Å²) in [7, 11) is -0.750. The Kier molecular flexibility index (Phi) is 5.50. The van der Waals surface area contributed by atoms with Gasteiger partial charge in [0.05, 0.1) is 18.6 Å². The Hall–Kier alpha value is -2.52. The minimum absolute atomic E-state index is 0.0130. The van der Waals surface area contributed by atoms with E-state index in [2.05, 4.69) is 9.97 Å². The lowest BCUT2D eigenvalue weighted by Crippen LogP contribution is -2.38. The van der Waals surface area contributed by atoms with Crippen molar-refractivity contribution in [3.05, 3.63) is 41.3 Å². The summed E-state index contributed by atoms with van der Waals surface area (Å²) in [6.45, 7) is 2.59. The highest BCUT2D eigenvalue weighted by atomic mass is 32.2. The van der Waals surface area contributed by atoms with E-state index in [1.54, 1.807) is 17.0 Å². The number of nitrogens with zero attached hydrogens (tertiary/aromatic N) is 4. The Morgan fingerprint density at radius 3 is 2.70 bits per heavy atom. The minimum Gasteiger partial charge on any atom is -0.497 e. The molecule has 30 heavy (non-hydrogen) atoms. The van der Waals surface area contributed by atoms with Crippen LogP contribution in [-0.2, 0) is 27.8 Å². The van der Waals surface area contributed by atoms with Crippen molar-refractivity contribution >= 4 is 21.7 Å². The average molecular weight is 431 g/mol. The number of ether oxygens (including phenoxy) is 1. The summed E-state index contributed by atoms with van der Waals surface area (Å²) < 4.78 is 32.4. The van der Waals surface area contributed by atoms with Gasteiger partial charge in [0.15, 0.2) is 0 Å². The Bertz CT molecular complexity index is 1080. The third-order valence-electron chi connectivity index (χ3n) is 5.64. The third kappa shape index (κ3) is 4.04. The predicted molar refractivity (Wildman–Crippen MR) is 112 cm³/mol. The predicted octanol–water partition coefficient (Wildman–Crippen LogP) is 2.30. The van der Waals surface area contributed by atoms with Crippen LogP contribution in [0.25, 0.3) is 0 Å². The average Bonchev–Trinajstić information content (AvgIpc) is 3.54. The van der Waals surface area contributed by atoms with Gasteiger partial charge in [0, 0.05) is 37.3 Å². The molecule has 2 aliphatic rings. The number of hydrogen-bond acceptors (Lipinski definition) is 6. The van der Waals surface area contributed by atoms with E-state index >= 15 is 0 Å². The Balaban J connectivity index is 1.62. The Labute approximate surface area is 176 Å². The number of methoxy groups -OCH3 is 1. The van der Waals surface area contributed by atoms with Gasteiger partial charge in [-0.1, -0.05) is 6.07 Å². The number of benzene rings is 1. The van der Waals surface area contributed by atoms with Crippen molar-refractivity contribution in [1.29, 1.82) is 0 Å². The van der Waals surface area contributed by atoms with E-state index < -0.39 is 10.0 Å². The van der Waals surface area contributed by atoms with E-state index in [-0.39, 0.29) is 17.3 Å². The zero-order chi connectivity index (χ0) is 21.5. The molecule has 1 aromatic carbocycles. The van der Waals surface area contributed by atoms with E-state index in [1.165, 1.54) is 30.6 Å². The van der Waals surface area contributed by atoms with Crippen molar-refractivity contribution < 1.29 is 17.9 Å². The maximum atomic E-state index is 13.0. The summed E-state index contributed by atoms with van der Waals surface area (Å²) in [5.74, 6) is 2.12. The van der Waals surface area contributed by atoms with Crippen molar-refractivity contribution in [2.45, 2.75) is 44.0 Å². The number of carbonyl (C=O) groups excluding carboxylic acids is 1. The number of rotatable bonds is 7. The number of fused-ring (bicyclic) bond motifs is 1. The van der Waals surface area contributed by atoms with Gasteiger partial charge < -0.3 is 4.74 Å². The highest BCUT2D eigenvalue weighted by Crippen LogP contribution is 2.35. The monoisotopic (exact) mass is 430 g/mol. The molecule has 2 heterocycles. The number of aromatic nitrogens is 2. The van der Waals surface area contributed by atoms with Crippen molar-refractivity contribution in [1.82, 2.24) is 14.3 Å². The lowest BCUT2D eigenvalue weighted by molar-refractivity contribution is -0.119. The molecule has 8 nitrogen and oxygen atoms in total. The van der Waals surface area contributed by atoms with Crippen molar-refractivity contribution in [2.75, 3.05) is 25.6 Å². The number of anilines is 1. The highest BCUT2D eigenvalue weighted by Gasteiger charge is 2.33. The molecule has 9 heteroatoms. The molecule has 1 fully saturated rings. The largest absolute Gasteiger partial charge is 0.497 e. The van der Waals surface area contributed by atoms with Gasteiger partial charge in [-0.25, -0.2) is 18.4 Å². The second-order valence-electron chi connectivity index (χ2n) is 7.92. The van der Waals surface area contributed by atoms with Crippen LogP contribution >= 0.6 is 0 Å². The normalized spacial score (nSPS) is 16.7. The first-order chi connectivity index (χ1) is 14.3. The molecule has 1 saturated carbocycles. The van der Waals surface area contributed by atoms with Crippen LogP contribution in [0.2, 0.25) is 0 Å². The van der Waals surface area contributed by atoms with Crippen LogP contribution in [0.4, 0.5) is 5.82 Å². The summed E-state index contributed by atoms with van der Waals surface area (Å²) in [6, 6.07) is 6.35. The van der Waals surface area contributed by atoms with Crippen LogP contribution in [0, 0.1) is 12.8 Å². The van der Waals surface area contributed by atoms with E-state index in [1.807, 2.05) is 6.92 Å². The first-order valence-electron chi connectivity index (χ1n) is 10.1. The molecule has 1 aliphatic heterocycles. The molecule has 0 radical (unpaired) electrons. The maximum absolute atomic E-state index is 13.0. The number of hydrogen-bond donors (Lipinski definition) is 0. The van der Waals surface area contributed by atoms with E-state index in [4.69, 9.17) is 4.74 Å². The molecule has 0 atom stereocenters. The number of aryl methyl sites for hydroxylation is 1. The molecule has 4 rings (SSSR count). The van der Waals surface area contributed by atoms with Crippen LogP contribution in [0.5, 0.6) is 5.75 Å². The van der Waals surface area contributed by atoms with Gasteiger partial charge in [-0.15, -0.1) is 0 Å². The van der Waals surface area contributed by atoms with Gasteiger partial charge in [-0.2, -0.15) is 4.31 Å². The quantitative estimate of drug-likeness (QED) is 0.669. The Morgan fingerprint density at radius 1 is 1.23 bits per heavy atom. The summed E-state index contributed by atoms with van der Waals surface area (Å²) >= 11 is 0. The summed E-state index contributed by atoms with van der Waals surface area (Å²) in [4.78, 5) is 23.6. The molecule has 1 aliphatic carbocycles. The first kappa shape index (κ1) is 20.7. The van der Waals surface area contributed by atoms with E-state index in [9.17, 15) is 13.2 Å². The van der Waals surface area contributed by atoms with Crippen molar-refractivity contribution in [2.24, 2.45) is 5.92 Å². The molecule has 0 unspecified atom stereocenters. The molecule has 1 aromatic heterocycles. The van der Waals surface area contributed by atoms with Gasteiger partial charge in [0.1, 0.15) is 17.4 Å². The Morgan fingerprint density at radius 2 is 2.00 bits per heavy atom. The van der Waals surface area contributed by atoms with Crippen molar-refractivity contribution in [3.63, 3.8) is 0 Å². The topological polar surface area (TPSA) is 92.7 Å². The second-order valence-corrected chi connectivity index (χ2v) is 9.96. The standard InChI is InChI=1S/C21H26N4O4S/c1-14-18-9-10-20(26)25(12-15-7-8-15)21(18)23-19(22-14)13-24(2)30(27,28)17-6-4-5-16(11-17)29-3/h4-6,11,15H,7-10,12-13H2,1-3H3. The van der Waals surface area contributed by atoms with Gasteiger partial charge in [-0.05, 0) is 44.2 Å². The van der Waals surface area contributed by atoms with Gasteiger partial charge in [0.2, 0.25) is 15.9 Å². The molecule has 0 spiro atoms. The fourth-order valence-corrected chi connectivity index (χ4v) is 4.84. The fraction of sp³-hybridized carbons (Fsp3) is 0.476. The minimum atomic E-state index is -3.74. The molecule has 0 saturated heterocycles. The third-order valence-corrected chi connectivity index (χ3v) is 7.43. The lowest BCUT2D eigenvalue weighted by atomic mass is 10.0. The molecule has 2 aromatic rings. The van der Waals surface area contributed by atoms with Crippen LogP contribution in [0.1, 0.15) is 36.3 Å². The zero-order valence-corrected chi connectivity index (χ0v) is 18.3. The van der Waals surface area contributed by atoms with Gasteiger partial charge in [0.25, 0.3) is 0 Å². The van der Waals surface area contributed by atoms with Crippen LogP contribution in [-0.4, -0.2) is 49.3 Å². The summed E-state index contributed by atoms with van der Waals surface area (Å²) in [5, 5.41) is 0. The molecule has 0 N–H and O–H groups in total. The summed E-state index contributed by atoms with van der Waals surface area (Å²) in [6.07, 6.45) is 3.36. The van der Waals surface area contributed by atoms with Crippen molar-refractivity contribution in [3.8, 4) is 5.75 Å². The van der Waals surface area contributed by atoms with Gasteiger partial charge >= 0.3 is 0 Å². The summed E-state index contributed by atoms with van der Waals surface area (Å²) in [5.41, 5.74) is 1.78.